The quantitative estimate of drug-likeness (QED) is 0.203. The van der Waals surface area contributed by atoms with Gasteiger partial charge in [-0.1, -0.05) is 26.7 Å². The predicted molar refractivity (Wildman–Crippen MR) is 122 cm³/mol. The van der Waals surface area contributed by atoms with Gasteiger partial charge >= 0.3 is 0 Å². The lowest BCUT2D eigenvalue weighted by atomic mass is 10.2. The summed E-state index contributed by atoms with van der Waals surface area (Å²) in [4.78, 5) is 0. The van der Waals surface area contributed by atoms with Crippen LogP contribution in [0.2, 0.25) is 0 Å². The predicted octanol–water partition coefficient (Wildman–Crippen LogP) is 1.40. The van der Waals surface area contributed by atoms with Gasteiger partial charge in [0.15, 0.2) is 5.92 Å². The Kier molecular flexibility index (Phi) is 17.6. The first-order valence-corrected chi connectivity index (χ1v) is 12.2. The number of nitriles is 2. The van der Waals surface area contributed by atoms with Crippen molar-refractivity contribution in [2.24, 2.45) is 5.92 Å². The van der Waals surface area contributed by atoms with Crippen molar-refractivity contribution in [3.05, 3.63) is 0 Å². The molecule has 8 nitrogen and oxygen atoms in total. The molecule has 32 heavy (non-hydrogen) atoms. The van der Waals surface area contributed by atoms with Crippen LogP contribution in [-0.2, 0) is 9.39 Å². The largest absolute Gasteiger partial charge is 0.871 e. The smallest absolute Gasteiger partial charge is 0.156 e. The Hall–Kier alpha value is -1.20. The van der Waals surface area contributed by atoms with Crippen LogP contribution in [-0.4, -0.2) is 83.1 Å². The normalized spacial score (nSPS) is 18.0. The summed E-state index contributed by atoms with van der Waals surface area (Å²) in [7, 11) is 2.42. The Morgan fingerprint density at radius 3 is 1.56 bits per heavy atom. The fraction of sp³-hybridized carbons (Fsp3) is 0.913. The molecule has 9 heteroatoms. The van der Waals surface area contributed by atoms with E-state index in [-0.39, 0.29) is 6.61 Å². The van der Waals surface area contributed by atoms with E-state index in [2.05, 4.69) is 37.3 Å². The van der Waals surface area contributed by atoms with E-state index in [9.17, 15) is 10.0 Å². The summed E-state index contributed by atoms with van der Waals surface area (Å²) in [6, 6.07) is 3.28. The molecule has 2 fully saturated rings. The molecule has 0 aromatic heterocycles. The van der Waals surface area contributed by atoms with Crippen LogP contribution in [0.15, 0.2) is 0 Å². The maximum absolute atomic E-state index is 9.72. The van der Waals surface area contributed by atoms with Gasteiger partial charge in [-0.05, 0) is 12.8 Å². The van der Waals surface area contributed by atoms with Gasteiger partial charge < -0.3 is 28.4 Å². The van der Waals surface area contributed by atoms with Crippen molar-refractivity contribution in [2.45, 2.75) is 65.2 Å². The third kappa shape index (κ3) is 15.6. The second-order valence-electron chi connectivity index (χ2n) is 9.46. The Morgan fingerprint density at radius 1 is 0.844 bits per heavy atom. The molecular formula is C23H45BN4O4. The molecule has 184 valence electrons. The molecule has 0 spiro atoms. The molecule has 0 aromatic carbocycles. The SMILES string of the molecule is CCCC[N+]1(C)CCCC1.CCCC[N+]1(C)CCCC1.N#CC(C#N)COCOB([O-])[O-]. The molecule has 0 N–H and O–H groups in total. The summed E-state index contributed by atoms with van der Waals surface area (Å²) in [5.74, 6) is -0.898. The third-order valence-electron chi connectivity index (χ3n) is 6.28. The van der Waals surface area contributed by atoms with Gasteiger partial charge in [-0.2, -0.15) is 10.5 Å². The number of hydrogen-bond donors (Lipinski definition) is 0. The van der Waals surface area contributed by atoms with Gasteiger partial charge in [0, 0.05) is 25.7 Å². The van der Waals surface area contributed by atoms with E-state index in [0.717, 1.165) is 0 Å². The standard InChI is InChI=1S/2C9H20N.C5H5BN2O4/c2*1-3-4-7-10(2)8-5-6-9-10;7-1-5(2-8)3-11-4-12-6(9)10/h2*3-9H2,1-2H3;5H,3-4H2/q2*+1;-2. The first-order chi connectivity index (χ1) is 15.2. The van der Waals surface area contributed by atoms with Crippen LogP contribution in [0.5, 0.6) is 0 Å². The van der Waals surface area contributed by atoms with E-state index in [1.807, 2.05) is 0 Å². The molecule has 2 saturated heterocycles. The molecule has 0 saturated carbocycles. The van der Waals surface area contributed by atoms with Crippen LogP contribution in [0.3, 0.4) is 0 Å². The minimum absolute atomic E-state index is 0.167. The van der Waals surface area contributed by atoms with Crippen LogP contribution < -0.4 is 10.0 Å². The lowest BCUT2D eigenvalue weighted by Crippen LogP contribution is -2.48. The Labute approximate surface area is 196 Å². The summed E-state index contributed by atoms with van der Waals surface area (Å²) in [6.07, 6.45) is 11.4. The fourth-order valence-corrected chi connectivity index (χ4v) is 4.10. The fourth-order valence-electron chi connectivity index (χ4n) is 4.10. The Balaban J connectivity index is 0.000000452. The minimum Gasteiger partial charge on any atom is -0.871 e. The van der Waals surface area contributed by atoms with Gasteiger partial charge in [0.2, 0.25) is 0 Å². The molecule has 0 atom stereocenters. The van der Waals surface area contributed by atoms with Crippen LogP contribution in [0.1, 0.15) is 65.2 Å². The Morgan fingerprint density at radius 2 is 1.25 bits per heavy atom. The van der Waals surface area contributed by atoms with Crippen molar-refractivity contribution >= 4 is 7.32 Å². The Bertz CT molecular complexity index is 499. The van der Waals surface area contributed by atoms with Crippen LogP contribution >= 0.6 is 0 Å². The lowest BCUT2D eigenvalue weighted by Gasteiger charge is -2.28. The lowest BCUT2D eigenvalue weighted by molar-refractivity contribution is -0.897. The molecule has 2 aliphatic heterocycles. The number of ether oxygens (including phenoxy) is 1. The second kappa shape index (κ2) is 18.3. The summed E-state index contributed by atoms with van der Waals surface area (Å²) in [6.45, 7) is 12.5. The number of unbranched alkanes of at least 4 members (excludes halogenated alkanes) is 2. The molecule has 0 unspecified atom stereocenters. The highest BCUT2D eigenvalue weighted by Gasteiger charge is 2.26. The van der Waals surface area contributed by atoms with Crippen LogP contribution in [0, 0.1) is 28.6 Å². The molecule has 0 aliphatic carbocycles. The first-order valence-electron chi connectivity index (χ1n) is 12.2. The van der Waals surface area contributed by atoms with Gasteiger partial charge in [0.05, 0.1) is 79.4 Å². The zero-order valence-electron chi connectivity index (χ0n) is 20.9. The molecule has 2 heterocycles. The van der Waals surface area contributed by atoms with E-state index in [1.165, 1.54) is 99.6 Å². The van der Waals surface area contributed by atoms with E-state index in [4.69, 9.17) is 10.5 Å². The van der Waals surface area contributed by atoms with Gasteiger partial charge in [-0.15, -0.1) is 0 Å². The maximum atomic E-state index is 9.72. The topological polar surface area (TPSA) is 112 Å². The maximum Gasteiger partial charge on any atom is 0.156 e. The average molecular weight is 452 g/mol. The van der Waals surface area contributed by atoms with E-state index < -0.39 is 20.0 Å². The van der Waals surface area contributed by atoms with E-state index in [0.29, 0.717) is 0 Å². The molecule has 0 amide bonds. The molecule has 0 bridgehead atoms. The molecule has 0 radical (unpaired) electrons. The van der Waals surface area contributed by atoms with Gasteiger partial charge in [-0.25, -0.2) is 0 Å². The van der Waals surface area contributed by atoms with Crippen LogP contribution in [0.25, 0.3) is 0 Å². The molecular weight excluding hydrogens is 407 g/mol. The zero-order valence-corrected chi connectivity index (χ0v) is 20.9. The number of hydrogen-bond acceptors (Lipinski definition) is 6. The van der Waals surface area contributed by atoms with Crippen molar-refractivity contribution in [1.29, 1.82) is 10.5 Å². The van der Waals surface area contributed by atoms with Gasteiger partial charge in [-0.3, -0.25) is 0 Å². The van der Waals surface area contributed by atoms with E-state index in [1.54, 1.807) is 12.1 Å². The molecule has 0 aromatic rings. The average Bonchev–Trinajstić information content (AvgIpc) is 3.41. The highest BCUT2D eigenvalue weighted by molar-refractivity contribution is 6.28. The summed E-state index contributed by atoms with van der Waals surface area (Å²) >= 11 is 0. The third-order valence-corrected chi connectivity index (χ3v) is 6.28. The van der Waals surface area contributed by atoms with Crippen LogP contribution in [0.4, 0.5) is 0 Å². The minimum atomic E-state index is -2.40. The molecule has 2 aliphatic rings. The number of rotatable bonds is 11. The zero-order chi connectivity index (χ0) is 24.3. The first kappa shape index (κ1) is 30.8. The monoisotopic (exact) mass is 452 g/mol. The highest BCUT2D eigenvalue weighted by atomic mass is 16.7. The van der Waals surface area contributed by atoms with Crippen molar-refractivity contribution in [2.75, 3.05) is 66.8 Å². The van der Waals surface area contributed by atoms with Crippen molar-refractivity contribution in [1.82, 2.24) is 0 Å². The number of nitrogens with zero attached hydrogens (tertiary/aromatic N) is 4. The second-order valence-corrected chi connectivity index (χ2v) is 9.46. The van der Waals surface area contributed by atoms with Crippen molar-refractivity contribution in [3.63, 3.8) is 0 Å². The van der Waals surface area contributed by atoms with Crippen molar-refractivity contribution in [3.8, 4) is 12.1 Å². The summed E-state index contributed by atoms with van der Waals surface area (Å²) < 4.78 is 11.2. The van der Waals surface area contributed by atoms with Gasteiger partial charge in [0.25, 0.3) is 0 Å². The summed E-state index contributed by atoms with van der Waals surface area (Å²) in [5, 5.41) is 35.9. The number of likely N-dealkylation sites (tertiary alicyclic amines) is 2. The molecule has 2 rings (SSSR count). The highest BCUT2D eigenvalue weighted by Crippen LogP contribution is 2.17. The number of quaternary nitrogens is 2. The van der Waals surface area contributed by atoms with E-state index >= 15 is 0 Å². The van der Waals surface area contributed by atoms with Gasteiger partial charge in [0.1, 0.15) is 6.79 Å². The van der Waals surface area contributed by atoms with Crippen molar-refractivity contribution < 1.29 is 28.4 Å². The summed E-state index contributed by atoms with van der Waals surface area (Å²) in [5.41, 5.74) is 0.